The van der Waals surface area contributed by atoms with Gasteiger partial charge in [0.2, 0.25) is 10.0 Å². The number of rotatable bonds is 6. The lowest BCUT2D eigenvalue weighted by molar-refractivity contribution is 0.0585. The molecule has 1 unspecified atom stereocenters. The van der Waals surface area contributed by atoms with Crippen LogP contribution in [0.15, 0.2) is 29.2 Å². The van der Waals surface area contributed by atoms with Crippen molar-refractivity contribution in [2.24, 2.45) is 5.92 Å². The van der Waals surface area contributed by atoms with Crippen molar-refractivity contribution in [3.63, 3.8) is 0 Å². The Labute approximate surface area is 131 Å². The molecule has 1 heterocycles. The van der Waals surface area contributed by atoms with E-state index in [9.17, 15) is 8.42 Å². The predicted molar refractivity (Wildman–Crippen MR) is 84.2 cm³/mol. The molecule has 1 aliphatic heterocycles. The third kappa shape index (κ3) is 4.68. The highest BCUT2D eigenvalue weighted by Gasteiger charge is 2.25. The van der Waals surface area contributed by atoms with E-state index in [-0.39, 0.29) is 6.04 Å². The number of sulfonamides is 1. The van der Waals surface area contributed by atoms with Crippen LogP contribution >= 0.6 is 11.6 Å². The third-order valence-corrected chi connectivity index (χ3v) is 5.69. The molecule has 1 aliphatic rings. The van der Waals surface area contributed by atoms with E-state index in [0.29, 0.717) is 29.9 Å². The number of ether oxygens (including phenoxy) is 1. The SMILES string of the molecule is CC(NS(=O)(=O)c1ccc(CCCl)cc1)C1CCOCC1. The van der Waals surface area contributed by atoms with E-state index >= 15 is 0 Å². The summed E-state index contributed by atoms with van der Waals surface area (Å²) in [4.78, 5) is 0.305. The van der Waals surface area contributed by atoms with Crippen LogP contribution in [0.1, 0.15) is 25.3 Å². The van der Waals surface area contributed by atoms with Gasteiger partial charge in [-0.05, 0) is 49.8 Å². The van der Waals surface area contributed by atoms with Gasteiger partial charge < -0.3 is 4.74 Å². The molecule has 4 nitrogen and oxygen atoms in total. The van der Waals surface area contributed by atoms with Crippen LogP contribution in [0.5, 0.6) is 0 Å². The quantitative estimate of drug-likeness (QED) is 0.815. The summed E-state index contributed by atoms with van der Waals surface area (Å²) in [6, 6.07) is 6.83. The van der Waals surface area contributed by atoms with Gasteiger partial charge in [0, 0.05) is 25.1 Å². The first-order valence-corrected chi connectivity index (χ1v) is 9.29. The summed E-state index contributed by atoms with van der Waals surface area (Å²) in [5.41, 5.74) is 1.04. The summed E-state index contributed by atoms with van der Waals surface area (Å²) in [5, 5.41) is 0. The molecular weight excluding hydrogens is 310 g/mol. The van der Waals surface area contributed by atoms with Gasteiger partial charge in [0.05, 0.1) is 4.90 Å². The highest BCUT2D eigenvalue weighted by atomic mass is 35.5. The first-order chi connectivity index (χ1) is 10.0. The normalized spacial score (nSPS) is 18.6. The standard InChI is InChI=1S/C15H22ClNO3S/c1-12(14-7-10-20-11-8-14)17-21(18,19)15-4-2-13(3-5-15)6-9-16/h2-5,12,14,17H,6-11H2,1H3. The zero-order chi connectivity index (χ0) is 15.3. The van der Waals surface area contributed by atoms with E-state index in [4.69, 9.17) is 16.3 Å². The molecule has 0 saturated carbocycles. The number of aryl methyl sites for hydroxylation is 1. The Bertz CT molecular complexity index is 539. The predicted octanol–water partition coefficient (Wildman–Crippen LogP) is 2.56. The molecule has 0 radical (unpaired) electrons. The summed E-state index contributed by atoms with van der Waals surface area (Å²) < 4.78 is 32.9. The Kier molecular flexibility index (Phi) is 6.05. The summed E-state index contributed by atoms with van der Waals surface area (Å²) >= 11 is 5.68. The second kappa shape index (κ2) is 7.58. The molecule has 0 aromatic heterocycles. The van der Waals surface area contributed by atoms with Gasteiger partial charge in [0.25, 0.3) is 0 Å². The lowest BCUT2D eigenvalue weighted by atomic mass is 9.94. The highest BCUT2D eigenvalue weighted by Crippen LogP contribution is 2.20. The molecule has 1 aromatic carbocycles. The largest absolute Gasteiger partial charge is 0.381 e. The van der Waals surface area contributed by atoms with Crippen molar-refractivity contribution in [3.05, 3.63) is 29.8 Å². The Morgan fingerprint density at radius 1 is 1.29 bits per heavy atom. The molecule has 2 rings (SSSR count). The van der Waals surface area contributed by atoms with E-state index in [2.05, 4.69) is 4.72 Å². The minimum Gasteiger partial charge on any atom is -0.381 e. The zero-order valence-corrected chi connectivity index (χ0v) is 13.8. The molecule has 118 valence electrons. The maximum atomic E-state index is 12.4. The molecule has 1 N–H and O–H groups in total. The molecule has 0 amide bonds. The molecule has 0 bridgehead atoms. The smallest absolute Gasteiger partial charge is 0.240 e. The van der Waals surface area contributed by atoms with Gasteiger partial charge in [-0.2, -0.15) is 0 Å². The van der Waals surface area contributed by atoms with Crippen LogP contribution in [-0.4, -0.2) is 33.6 Å². The fourth-order valence-electron chi connectivity index (χ4n) is 2.57. The van der Waals surface area contributed by atoms with Crippen molar-refractivity contribution >= 4 is 21.6 Å². The fourth-order valence-corrected chi connectivity index (χ4v) is 4.10. The van der Waals surface area contributed by atoms with Gasteiger partial charge in [0.15, 0.2) is 0 Å². The van der Waals surface area contributed by atoms with Gasteiger partial charge in [0.1, 0.15) is 0 Å². The van der Waals surface area contributed by atoms with Crippen molar-refractivity contribution < 1.29 is 13.2 Å². The minimum atomic E-state index is -3.46. The average Bonchev–Trinajstić information content (AvgIpc) is 2.48. The Morgan fingerprint density at radius 3 is 2.48 bits per heavy atom. The number of alkyl halides is 1. The second-order valence-electron chi connectivity index (χ2n) is 5.44. The maximum Gasteiger partial charge on any atom is 0.240 e. The van der Waals surface area contributed by atoms with Crippen molar-refractivity contribution in [1.82, 2.24) is 4.72 Å². The van der Waals surface area contributed by atoms with Gasteiger partial charge in [-0.3, -0.25) is 0 Å². The van der Waals surface area contributed by atoms with E-state index in [1.54, 1.807) is 12.1 Å². The van der Waals surface area contributed by atoms with Crippen molar-refractivity contribution in [2.45, 2.75) is 37.1 Å². The Morgan fingerprint density at radius 2 is 1.90 bits per heavy atom. The number of benzene rings is 1. The van der Waals surface area contributed by atoms with Crippen molar-refractivity contribution in [3.8, 4) is 0 Å². The molecule has 1 aromatic rings. The molecule has 1 atom stereocenters. The van der Waals surface area contributed by atoms with Crippen LogP contribution in [0.3, 0.4) is 0 Å². The lowest BCUT2D eigenvalue weighted by Gasteiger charge is -2.28. The van der Waals surface area contributed by atoms with Crippen LogP contribution in [0, 0.1) is 5.92 Å². The van der Waals surface area contributed by atoms with Gasteiger partial charge >= 0.3 is 0 Å². The molecule has 0 aliphatic carbocycles. The number of hydrogen-bond acceptors (Lipinski definition) is 3. The Hall–Kier alpha value is -0.620. The van der Waals surface area contributed by atoms with Crippen LogP contribution in [-0.2, 0) is 21.2 Å². The molecule has 1 fully saturated rings. The van der Waals surface area contributed by atoms with Crippen LogP contribution in [0.2, 0.25) is 0 Å². The van der Waals surface area contributed by atoms with Crippen molar-refractivity contribution in [1.29, 1.82) is 0 Å². The molecule has 6 heteroatoms. The van der Waals surface area contributed by atoms with E-state index in [0.717, 1.165) is 24.8 Å². The molecule has 21 heavy (non-hydrogen) atoms. The monoisotopic (exact) mass is 331 g/mol. The maximum absolute atomic E-state index is 12.4. The molecule has 0 spiro atoms. The molecule has 1 saturated heterocycles. The van der Waals surface area contributed by atoms with E-state index in [1.807, 2.05) is 19.1 Å². The summed E-state index contributed by atoms with van der Waals surface area (Å²) in [5.74, 6) is 0.870. The lowest BCUT2D eigenvalue weighted by Crippen LogP contribution is -2.40. The topological polar surface area (TPSA) is 55.4 Å². The number of halogens is 1. The zero-order valence-electron chi connectivity index (χ0n) is 12.2. The first kappa shape index (κ1) is 16.7. The van der Waals surface area contributed by atoms with Gasteiger partial charge in [-0.15, -0.1) is 11.6 Å². The van der Waals surface area contributed by atoms with Gasteiger partial charge in [-0.25, -0.2) is 13.1 Å². The van der Waals surface area contributed by atoms with Crippen LogP contribution < -0.4 is 4.72 Å². The van der Waals surface area contributed by atoms with Gasteiger partial charge in [-0.1, -0.05) is 12.1 Å². The van der Waals surface area contributed by atoms with Crippen LogP contribution in [0.4, 0.5) is 0 Å². The van der Waals surface area contributed by atoms with Crippen LogP contribution in [0.25, 0.3) is 0 Å². The summed E-state index contributed by atoms with van der Waals surface area (Å²) in [7, 11) is -3.46. The van der Waals surface area contributed by atoms with Crippen molar-refractivity contribution in [2.75, 3.05) is 19.1 Å². The number of nitrogens with one attached hydrogen (secondary N) is 1. The first-order valence-electron chi connectivity index (χ1n) is 7.28. The highest BCUT2D eigenvalue weighted by molar-refractivity contribution is 7.89. The second-order valence-corrected chi connectivity index (χ2v) is 7.53. The minimum absolute atomic E-state index is 0.0820. The average molecular weight is 332 g/mol. The van der Waals surface area contributed by atoms with E-state index in [1.165, 1.54) is 0 Å². The third-order valence-electron chi connectivity index (χ3n) is 3.93. The fraction of sp³-hybridized carbons (Fsp3) is 0.600. The number of hydrogen-bond donors (Lipinski definition) is 1. The van der Waals surface area contributed by atoms with E-state index < -0.39 is 10.0 Å². The summed E-state index contributed by atoms with van der Waals surface area (Å²) in [6.07, 6.45) is 2.55. The Balaban J connectivity index is 2.03. The molecular formula is C15H22ClNO3S. The summed E-state index contributed by atoms with van der Waals surface area (Å²) in [6.45, 7) is 3.35.